The minimum absolute atomic E-state index is 0.0207. The van der Waals surface area contributed by atoms with Gasteiger partial charge in [-0.3, -0.25) is 0 Å². The van der Waals surface area contributed by atoms with E-state index in [9.17, 15) is 5.11 Å². The third kappa shape index (κ3) is 2.65. The van der Waals surface area contributed by atoms with E-state index in [1.165, 1.54) is 0 Å². The van der Waals surface area contributed by atoms with Crippen LogP contribution in [0, 0.1) is 10.8 Å². The van der Waals surface area contributed by atoms with Gasteiger partial charge < -0.3 is 5.11 Å². The Hall–Kier alpha value is -0.820. The maximum absolute atomic E-state index is 10.4. The molecule has 1 heteroatoms. The van der Waals surface area contributed by atoms with Crippen LogP contribution in [-0.4, -0.2) is 11.2 Å². The van der Waals surface area contributed by atoms with Crippen molar-refractivity contribution >= 4 is 0 Å². The van der Waals surface area contributed by atoms with E-state index in [0.29, 0.717) is 0 Å². The molecule has 0 atom stereocenters. The molecule has 0 aliphatic heterocycles. The molecule has 1 aliphatic rings. The summed E-state index contributed by atoms with van der Waals surface area (Å²) in [4.78, 5) is 0. The molecule has 0 aromatic rings. The van der Waals surface area contributed by atoms with Crippen molar-refractivity contribution in [2.24, 2.45) is 10.8 Å². The fraction of sp³-hybridized carbons (Fsp3) is 0.600. The highest BCUT2D eigenvalue weighted by atomic mass is 16.3. The summed E-state index contributed by atoms with van der Waals surface area (Å²) < 4.78 is 0. The number of aliphatic hydroxyl groups is 1. The molecule has 0 amide bonds. The highest BCUT2D eigenvalue weighted by Crippen LogP contribution is 2.40. The van der Waals surface area contributed by atoms with E-state index in [-0.39, 0.29) is 10.8 Å². The van der Waals surface area contributed by atoms with Gasteiger partial charge in [0.15, 0.2) is 0 Å². The van der Waals surface area contributed by atoms with Crippen LogP contribution in [0.3, 0.4) is 0 Å². The van der Waals surface area contributed by atoms with Crippen LogP contribution in [0.25, 0.3) is 0 Å². The Balaban J connectivity index is 3.18. The first-order valence-corrected chi connectivity index (χ1v) is 5.84. The molecule has 0 aromatic carbocycles. The molecule has 0 bridgehead atoms. The Morgan fingerprint density at radius 3 is 1.50 bits per heavy atom. The molecule has 1 rings (SSSR count). The minimum atomic E-state index is -0.467. The molecule has 0 saturated carbocycles. The minimum Gasteiger partial charge on any atom is -0.384 e. The predicted molar refractivity (Wildman–Crippen MR) is 70.2 cm³/mol. The summed E-state index contributed by atoms with van der Waals surface area (Å²) in [6.07, 6.45) is 3.56. The van der Waals surface area contributed by atoms with E-state index < -0.39 is 6.10 Å². The average molecular weight is 220 g/mol. The molecule has 0 aromatic heterocycles. The maximum atomic E-state index is 10.4. The van der Waals surface area contributed by atoms with Gasteiger partial charge in [0.05, 0.1) is 6.10 Å². The number of allylic oxidation sites excluding steroid dienone is 3. The Morgan fingerprint density at radius 1 is 0.938 bits per heavy atom. The quantitative estimate of drug-likeness (QED) is 0.657. The average Bonchev–Trinajstić information content (AvgIpc) is 2.04. The standard InChI is InChI=1S/C15H24O/c1-10-8-11(14(2,3)4)13(16)12(9-10)15(5,6)7/h8-9,13,16H,1H2,2-7H3. The van der Waals surface area contributed by atoms with Gasteiger partial charge in [0, 0.05) is 0 Å². The molecule has 0 heterocycles. The van der Waals surface area contributed by atoms with Crippen molar-refractivity contribution in [1.29, 1.82) is 0 Å². The summed E-state index contributed by atoms with van der Waals surface area (Å²) in [5.41, 5.74) is 3.07. The van der Waals surface area contributed by atoms with Crippen LogP contribution in [0.15, 0.2) is 35.5 Å². The molecule has 90 valence electrons. The van der Waals surface area contributed by atoms with E-state index in [4.69, 9.17) is 0 Å². The molecule has 16 heavy (non-hydrogen) atoms. The van der Waals surface area contributed by atoms with Crippen molar-refractivity contribution in [3.05, 3.63) is 35.5 Å². The van der Waals surface area contributed by atoms with Gasteiger partial charge in [-0.1, -0.05) is 60.3 Å². The van der Waals surface area contributed by atoms with Gasteiger partial charge in [-0.25, -0.2) is 0 Å². The van der Waals surface area contributed by atoms with Crippen molar-refractivity contribution in [3.8, 4) is 0 Å². The molecule has 0 spiro atoms. The lowest BCUT2D eigenvalue weighted by Crippen LogP contribution is -2.31. The first-order valence-electron chi connectivity index (χ1n) is 5.84. The van der Waals surface area contributed by atoms with Crippen molar-refractivity contribution in [2.45, 2.75) is 47.6 Å². The van der Waals surface area contributed by atoms with E-state index in [1.54, 1.807) is 0 Å². The first-order chi connectivity index (χ1) is 7.03. The summed E-state index contributed by atoms with van der Waals surface area (Å²) in [7, 11) is 0. The van der Waals surface area contributed by atoms with E-state index >= 15 is 0 Å². The van der Waals surface area contributed by atoms with Crippen molar-refractivity contribution in [2.75, 3.05) is 0 Å². The highest BCUT2D eigenvalue weighted by Gasteiger charge is 2.33. The number of aliphatic hydroxyl groups excluding tert-OH is 1. The van der Waals surface area contributed by atoms with Crippen LogP contribution < -0.4 is 0 Å². The monoisotopic (exact) mass is 220 g/mol. The van der Waals surface area contributed by atoms with E-state index in [1.807, 2.05) is 12.2 Å². The van der Waals surface area contributed by atoms with Crippen LogP contribution in [0.4, 0.5) is 0 Å². The maximum Gasteiger partial charge on any atom is 0.0977 e. The lowest BCUT2D eigenvalue weighted by molar-refractivity contribution is 0.192. The van der Waals surface area contributed by atoms with Crippen LogP contribution in [0.5, 0.6) is 0 Å². The van der Waals surface area contributed by atoms with Crippen LogP contribution in [0.1, 0.15) is 41.5 Å². The van der Waals surface area contributed by atoms with Crippen molar-refractivity contribution in [3.63, 3.8) is 0 Å². The molecule has 0 radical (unpaired) electrons. The highest BCUT2D eigenvalue weighted by molar-refractivity contribution is 5.47. The van der Waals surface area contributed by atoms with Gasteiger partial charge in [-0.2, -0.15) is 0 Å². The summed E-state index contributed by atoms with van der Waals surface area (Å²) in [6, 6.07) is 0. The topological polar surface area (TPSA) is 20.2 Å². The number of hydrogen-bond acceptors (Lipinski definition) is 1. The molecular formula is C15H24O. The van der Waals surface area contributed by atoms with E-state index in [0.717, 1.165) is 16.7 Å². The van der Waals surface area contributed by atoms with Gasteiger partial charge in [0.25, 0.3) is 0 Å². The number of rotatable bonds is 0. The molecule has 0 unspecified atom stereocenters. The van der Waals surface area contributed by atoms with Crippen molar-refractivity contribution in [1.82, 2.24) is 0 Å². The second-order valence-electron chi connectivity index (χ2n) is 6.68. The second-order valence-corrected chi connectivity index (χ2v) is 6.68. The SMILES string of the molecule is C=C1C=C(C(C)(C)C)C(O)C(C(C)(C)C)=C1. The lowest BCUT2D eigenvalue weighted by atomic mass is 9.71. The molecule has 0 saturated heterocycles. The van der Waals surface area contributed by atoms with Crippen LogP contribution in [0.2, 0.25) is 0 Å². The second kappa shape index (κ2) is 3.89. The Labute approximate surface area is 99.6 Å². The summed E-state index contributed by atoms with van der Waals surface area (Å²) >= 11 is 0. The zero-order valence-electron chi connectivity index (χ0n) is 11.4. The van der Waals surface area contributed by atoms with Gasteiger partial charge >= 0.3 is 0 Å². The zero-order valence-corrected chi connectivity index (χ0v) is 11.4. The molecular weight excluding hydrogens is 196 g/mol. The smallest absolute Gasteiger partial charge is 0.0977 e. The molecule has 1 nitrogen and oxygen atoms in total. The van der Waals surface area contributed by atoms with E-state index in [2.05, 4.69) is 48.1 Å². The largest absolute Gasteiger partial charge is 0.384 e. The first kappa shape index (κ1) is 13.2. The van der Waals surface area contributed by atoms with Gasteiger partial charge in [0.1, 0.15) is 0 Å². The fourth-order valence-electron chi connectivity index (χ4n) is 2.02. The lowest BCUT2D eigenvalue weighted by Gasteiger charge is -2.36. The Morgan fingerprint density at radius 2 is 1.25 bits per heavy atom. The van der Waals surface area contributed by atoms with Crippen LogP contribution in [-0.2, 0) is 0 Å². The summed E-state index contributed by atoms with van der Waals surface area (Å²) in [5.74, 6) is 0. The van der Waals surface area contributed by atoms with Gasteiger partial charge in [-0.15, -0.1) is 0 Å². The number of hydrogen-bond donors (Lipinski definition) is 1. The van der Waals surface area contributed by atoms with Crippen molar-refractivity contribution < 1.29 is 5.11 Å². The predicted octanol–water partition coefficient (Wildman–Crippen LogP) is 3.86. The normalized spacial score (nSPS) is 19.6. The summed E-state index contributed by atoms with van der Waals surface area (Å²) in [6.45, 7) is 16.8. The molecule has 1 aliphatic carbocycles. The van der Waals surface area contributed by atoms with Gasteiger partial charge in [-0.05, 0) is 27.5 Å². The Bertz CT molecular complexity index is 322. The Kier molecular flexibility index (Phi) is 3.22. The van der Waals surface area contributed by atoms with Gasteiger partial charge in [0.2, 0.25) is 0 Å². The molecule has 1 N–H and O–H groups in total. The third-order valence-corrected chi connectivity index (χ3v) is 3.00. The summed E-state index contributed by atoms with van der Waals surface area (Å²) in [5, 5.41) is 10.4. The third-order valence-electron chi connectivity index (χ3n) is 3.00. The van der Waals surface area contributed by atoms with Crippen LogP contribution >= 0.6 is 0 Å². The fourth-order valence-corrected chi connectivity index (χ4v) is 2.02. The zero-order chi connectivity index (χ0) is 12.7. The molecule has 0 fully saturated rings.